The number of carbonyl (C=O) groups excluding carboxylic acids is 1. The summed E-state index contributed by atoms with van der Waals surface area (Å²) in [5.74, 6) is 0. The molecule has 30 heavy (non-hydrogen) atoms. The molecule has 0 bridgehead atoms. The minimum atomic E-state index is -3.59. The molecule has 0 spiro atoms. The Morgan fingerprint density at radius 3 is 2.67 bits per heavy atom. The van der Waals surface area contributed by atoms with Gasteiger partial charge in [-0.25, -0.2) is 18.2 Å². The van der Waals surface area contributed by atoms with Gasteiger partial charge in [0.05, 0.1) is 17.7 Å². The number of urea groups is 1. The van der Waals surface area contributed by atoms with E-state index in [9.17, 15) is 13.2 Å². The standard InChI is InChI=1S/C19H19ClN4O3S3/c20-14-2-1-13-9-18(29-16(13)10-14)30(26,27)24-7-5-22(6-8-24)19(25)23-4-3-15-17(11-23)28-12-21-15/h1-2,9-10,12H,3-8,11H2. The summed E-state index contributed by atoms with van der Waals surface area (Å²) in [4.78, 5) is 22.0. The smallest absolute Gasteiger partial charge is 0.320 e. The van der Waals surface area contributed by atoms with Gasteiger partial charge in [0.15, 0.2) is 0 Å². The van der Waals surface area contributed by atoms with Gasteiger partial charge in [0.25, 0.3) is 10.0 Å². The van der Waals surface area contributed by atoms with Crippen molar-refractivity contribution in [1.29, 1.82) is 0 Å². The largest absolute Gasteiger partial charge is 0.322 e. The van der Waals surface area contributed by atoms with Gasteiger partial charge in [0.2, 0.25) is 0 Å². The van der Waals surface area contributed by atoms with Crippen LogP contribution >= 0.6 is 34.3 Å². The van der Waals surface area contributed by atoms with Crippen LogP contribution in [-0.4, -0.2) is 66.3 Å². The number of nitrogens with zero attached hydrogens (tertiary/aromatic N) is 4. The fraction of sp³-hybridized carbons (Fsp3) is 0.368. The van der Waals surface area contributed by atoms with Crippen LogP contribution in [0.15, 0.2) is 34.0 Å². The molecule has 11 heteroatoms. The number of fused-ring (bicyclic) bond motifs is 2. The summed E-state index contributed by atoms with van der Waals surface area (Å²) in [5.41, 5.74) is 2.91. The second-order valence-corrected chi connectivity index (χ2v) is 11.9. The average molecular weight is 483 g/mol. The van der Waals surface area contributed by atoms with Crippen molar-refractivity contribution < 1.29 is 13.2 Å². The molecule has 4 heterocycles. The Bertz CT molecular complexity index is 1210. The molecule has 5 rings (SSSR count). The van der Waals surface area contributed by atoms with Crippen molar-refractivity contribution in [1.82, 2.24) is 19.1 Å². The van der Waals surface area contributed by atoms with E-state index in [2.05, 4.69) is 4.98 Å². The molecule has 2 aliphatic heterocycles. The Labute approximate surface area is 187 Å². The summed E-state index contributed by atoms with van der Waals surface area (Å²) in [7, 11) is -3.59. The van der Waals surface area contributed by atoms with E-state index >= 15 is 0 Å². The third-order valence-electron chi connectivity index (χ3n) is 5.51. The van der Waals surface area contributed by atoms with E-state index in [1.54, 1.807) is 34.4 Å². The van der Waals surface area contributed by atoms with Crippen LogP contribution in [0.25, 0.3) is 10.1 Å². The molecule has 2 aromatic heterocycles. The monoisotopic (exact) mass is 482 g/mol. The van der Waals surface area contributed by atoms with Gasteiger partial charge in [0, 0.05) is 53.7 Å². The van der Waals surface area contributed by atoms with Crippen LogP contribution in [-0.2, 0) is 23.0 Å². The minimum Gasteiger partial charge on any atom is -0.322 e. The first kappa shape index (κ1) is 20.2. The van der Waals surface area contributed by atoms with E-state index in [0.717, 1.165) is 27.1 Å². The zero-order valence-electron chi connectivity index (χ0n) is 16.0. The zero-order chi connectivity index (χ0) is 20.9. The van der Waals surface area contributed by atoms with E-state index in [0.29, 0.717) is 48.5 Å². The van der Waals surface area contributed by atoms with Crippen molar-refractivity contribution in [3.8, 4) is 0 Å². The average Bonchev–Trinajstić information content (AvgIpc) is 3.39. The van der Waals surface area contributed by atoms with E-state index < -0.39 is 10.0 Å². The van der Waals surface area contributed by atoms with Crippen molar-refractivity contribution >= 4 is 60.4 Å². The summed E-state index contributed by atoms with van der Waals surface area (Å²) < 4.78 is 28.9. The van der Waals surface area contributed by atoms with E-state index in [1.807, 2.05) is 16.5 Å². The predicted molar refractivity (Wildman–Crippen MR) is 119 cm³/mol. The van der Waals surface area contributed by atoms with E-state index in [-0.39, 0.29) is 6.03 Å². The van der Waals surface area contributed by atoms with Crippen LogP contribution in [0.2, 0.25) is 5.02 Å². The maximum Gasteiger partial charge on any atom is 0.320 e. The Morgan fingerprint density at radius 2 is 1.87 bits per heavy atom. The van der Waals surface area contributed by atoms with Crippen molar-refractivity contribution in [3.63, 3.8) is 0 Å². The number of rotatable bonds is 2. The topological polar surface area (TPSA) is 73.8 Å². The molecule has 2 amide bonds. The molecule has 0 aliphatic carbocycles. The minimum absolute atomic E-state index is 0.0254. The van der Waals surface area contributed by atoms with Gasteiger partial charge >= 0.3 is 6.03 Å². The number of hydrogen-bond donors (Lipinski definition) is 0. The fourth-order valence-corrected chi connectivity index (χ4v) is 7.92. The second-order valence-electron chi connectivity index (χ2n) is 7.32. The lowest BCUT2D eigenvalue weighted by Gasteiger charge is -2.37. The first-order chi connectivity index (χ1) is 14.4. The molecule has 0 atom stereocenters. The van der Waals surface area contributed by atoms with Gasteiger partial charge in [-0.3, -0.25) is 0 Å². The predicted octanol–water partition coefficient (Wildman–Crippen LogP) is 3.50. The third-order valence-corrected chi connectivity index (χ3v) is 10.1. The number of hydrogen-bond acceptors (Lipinski definition) is 6. The lowest BCUT2D eigenvalue weighted by Crippen LogP contribution is -2.54. The van der Waals surface area contributed by atoms with Crippen LogP contribution in [0.1, 0.15) is 10.6 Å². The highest BCUT2D eigenvalue weighted by molar-refractivity contribution is 7.91. The Balaban J connectivity index is 1.26. The quantitative estimate of drug-likeness (QED) is 0.560. The SMILES string of the molecule is O=C(N1CCN(S(=O)(=O)c2cc3ccc(Cl)cc3s2)CC1)N1CCc2ncsc2C1. The number of thiophene rings is 1. The molecule has 7 nitrogen and oxygen atoms in total. The first-order valence-electron chi connectivity index (χ1n) is 9.56. The van der Waals surface area contributed by atoms with Crippen LogP contribution in [0.3, 0.4) is 0 Å². The first-order valence-corrected chi connectivity index (χ1v) is 13.1. The van der Waals surface area contributed by atoms with Gasteiger partial charge in [-0.05, 0) is 23.6 Å². The maximum absolute atomic E-state index is 13.1. The fourth-order valence-electron chi connectivity index (χ4n) is 3.84. The third kappa shape index (κ3) is 3.60. The van der Waals surface area contributed by atoms with Crippen molar-refractivity contribution in [2.45, 2.75) is 17.2 Å². The molecule has 0 saturated carbocycles. The van der Waals surface area contributed by atoms with E-state index in [4.69, 9.17) is 11.6 Å². The number of aromatic nitrogens is 1. The molecule has 1 aromatic carbocycles. The number of halogens is 1. The summed E-state index contributed by atoms with van der Waals surface area (Å²) in [5, 5.41) is 1.45. The van der Waals surface area contributed by atoms with Crippen molar-refractivity contribution in [3.05, 3.63) is 45.4 Å². The molecule has 3 aromatic rings. The summed E-state index contributed by atoms with van der Waals surface area (Å²) in [6.07, 6.45) is 0.773. The van der Waals surface area contributed by atoms with Crippen LogP contribution in [0.4, 0.5) is 4.79 Å². The Morgan fingerprint density at radius 1 is 1.07 bits per heavy atom. The molecule has 1 saturated heterocycles. The van der Waals surface area contributed by atoms with Crippen molar-refractivity contribution in [2.75, 3.05) is 32.7 Å². The molecule has 0 N–H and O–H groups in total. The second kappa shape index (κ2) is 7.76. The Kier molecular flexibility index (Phi) is 5.22. The van der Waals surface area contributed by atoms with Gasteiger partial charge in [0.1, 0.15) is 4.21 Å². The number of benzene rings is 1. The van der Waals surface area contributed by atoms with Crippen LogP contribution < -0.4 is 0 Å². The molecule has 2 aliphatic rings. The van der Waals surface area contributed by atoms with E-state index in [1.165, 1.54) is 15.6 Å². The zero-order valence-corrected chi connectivity index (χ0v) is 19.2. The molecular formula is C19H19ClN4O3S3. The normalized spacial score (nSPS) is 18.0. The summed E-state index contributed by atoms with van der Waals surface area (Å²) in [6.45, 7) is 2.60. The Hall–Kier alpha value is -1.72. The van der Waals surface area contributed by atoms with Crippen molar-refractivity contribution in [2.24, 2.45) is 0 Å². The number of thiazole rings is 1. The summed E-state index contributed by atoms with van der Waals surface area (Å²) in [6, 6.07) is 7.04. The lowest BCUT2D eigenvalue weighted by molar-refractivity contribution is 0.130. The van der Waals surface area contributed by atoms with Crippen LogP contribution in [0, 0.1) is 0 Å². The number of amides is 2. The lowest BCUT2D eigenvalue weighted by atomic mass is 10.2. The van der Waals surface area contributed by atoms with Crippen LogP contribution in [0.5, 0.6) is 0 Å². The molecular weight excluding hydrogens is 464 g/mol. The van der Waals surface area contributed by atoms with Gasteiger partial charge in [-0.1, -0.05) is 17.7 Å². The number of carbonyl (C=O) groups is 1. The number of sulfonamides is 1. The highest BCUT2D eigenvalue weighted by Gasteiger charge is 2.33. The maximum atomic E-state index is 13.1. The van der Waals surface area contributed by atoms with Gasteiger partial charge < -0.3 is 9.80 Å². The summed E-state index contributed by atoms with van der Waals surface area (Å²) >= 11 is 8.83. The molecule has 0 radical (unpaired) electrons. The highest BCUT2D eigenvalue weighted by Crippen LogP contribution is 2.33. The number of piperazine rings is 1. The van der Waals surface area contributed by atoms with Gasteiger partial charge in [-0.15, -0.1) is 22.7 Å². The molecule has 0 unspecified atom stereocenters. The molecule has 158 valence electrons. The highest BCUT2D eigenvalue weighted by atomic mass is 35.5. The van der Waals surface area contributed by atoms with Gasteiger partial charge in [-0.2, -0.15) is 4.31 Å². The molecule has 1 fully saturated rings.